The number of nitrogens with one attached hydrogen (secondary N) is 5. The van der Waals surface area contributed by atoms with Crippen LogP contribution in [0.25, 0.3) is 10.4 Å². The van der Waals surface area contributed by atoms with E-state index in [9.17, 15) is 37.5 Å². The lowest BCUT2D eigenvalue weighted by atomic mass is 9.91. The Hall–Kier alpha value is -5.46. The molecule has 5 aromatic rings. The van der Waals surface area contributed by atoms with Gasteiger partial charge < -0.3 is 40.5 Å². The molecule has 2 aromatic heterocycles. The van der Waals surface area contributed by atoms with Crippen LogP contribution in [-0.4, -0.2) is 102 Å². The maximum absolute atomic E-state index is 14.7. The Bertz CT molecular complexity index is 2530. The number of hydroxylamine groups is 1. The second-order valence-corrected chi connectivity index (χ2v) is 18.6. The van der Waals surface area contributed by atoms with Gasteiger partial charge in [-0.15, -0.1) is 11.3 Å². The summed E-state index contributed by atoms with van der Waals surface area (Å²) in [7, 11) is 0. The summed E-state index contributed by atoms with van der Waals surface area (Å²) in [6.45, 7) is 9.16. The number of thiazole rings is 1. The predicted octanol–water partition coefficient (Wildman–Crippen LogP) is 6.60. The van der Waals surface area contributed by atoms with Gasteiger partial charge >= 0.3 is 0 Å². The SMILES string of the molecule is Cc1cc([C@H](C(=O)N2C[C@H](O)C[C@H]2C(=O)N[C@@H](CC(=O)NCCOCCNCCCONC(=O)c2ccc(F)c(F)c2Nc2ccc(I)cc2F)c2ccc(-c3scnc3C)cc2)C(C)C)on1. The Morgan fingerprint density at radius 3 is 2.43 bits per heavy atom. The molecule has 16 nitrogen and oxygen atoms in total. The molecule has 6 rings (SSSR count). The molecule has 3 heterocycles. The molecule has 0 saturated carbocycles. The van der Waals surface area contributed by atoms with Crippen LogP contribution < -0.4 is 26.7 Å². The number of carbonyl (C=O) groups excluding carboxylic acids is 4. The van der Waals surface area contributed by atoms with E-state index in [-0.39, 0.29) is 68.1 Å². The highest BCUT2D eigenvalue weighted by atomic mass is 127. The lowest BCUT2D eigenvalue weighted by molar-refractivity contribution is -0.141. The minimum Gasteiger partial charge on any atom is -0.391 e. The maximum Gasteiger partial charge on any atom is 0.277 e. The first-order valence-electron chi connectivity index (χ1n) is 22.0. The quantitative estimate of drug-likeness (QED) is 0.0232. The average molecular weight is 1070 g/mol. The third-order valence-electron chi connectivity index (χ3n) is 11.1. The minimum absolute atomic E-state index is 0.0276. The number of halogens is 4. The zero-order valence-corrected chi connectivity index (χ0v) is 40.8. The van der Waals surface area contributed by atoms with Crippen molar-refractivity contribution < 1.29 is 51.6 Å². The fourth-order valence-corrected chi connectivity index (χ4v) is 8.90. The number of aromatic nitrogens is 2. The Kier molecular flexibility index (Phi) is 18.9. The molecule has 6 N–H and O–H groups in total. The molecule has 364 valence electrons. The predicted molar refractivity (Wildman–Crippen MR) is 256 cm³/mol. The van der Waals surface area contributed by atoms with Crippen molar-refractivity contribution in [2.75, 3.05) is 51.3 Å². The lowest BCUT2D eigenvalue weighted by Crippen LogP contribution is -2.49. The number of amides is 4. The molecule has 1 saturated heterocycles. The number of likely N-dealkylation sites (tertiary alicyclic amines) is 1. The maximum atomic E-state index is 14.7. The topological polar surface area (TPSA) is 209 Å². The number of rotatable bonds is 23. The molecule has 0 bridgehead atoms. The van der Waals surface area contributed by atoms with Crippen molar-refractivity contribution >= 4 is 68.9 Å². The number of nitrogens with zero attached hydrogens (tertiary/aromatic N) is 3. The Balaban J connectivity index is 0.939. The number of benzene rings is 3. The summed E-state index contributed by atoms with van der Waals surface area (Å²) in [6.07, 6.45) is -0.543. The van der Waals surface area contributed by atoms with Gasteiger partial charge in [-0.25, -0.2) is 23.6 Å². The highest BCUT2D eigenvalue weighted by Gasteiger charge is 2.43. The fourth-order valence-electron chi connectivity index (χ4n) is 7.64. The van der Waals surface area contributed by atoms with Gasteiger partial charge in [-0.3, -0.25) is 24.0 Å². The molecule has 1 aliphatic heterocycles. The van der Waals surface area contributed by atoms with E-state index in [2.05, 4.69) is 36.9 Å². The van der Waals surface area contributed by atoms with Gasteiger partial charge in [-0.2, -0.15) is 0 Å². The zero-order valence-electron chi connectivity index (χ0n) is 37.9. The van der Waals surface area contributed by atoms with Gasteiger partial charge in [0.15, 0.2) is 11.6 Å². The van der Waals surface area contributed by atoms with E-state index in [1.807, 2.05) is 67.6 Å². The summed E-state index contributed by atoms with van der Waals surface area (Å²) >= 11 is 3.42. The van der Waals surface area contributed by atoms with Crippen molar-refractivity contribution in [3.63, 3.8) is 0 Å². The highest BCUT2D eigenvalue weighted by molar-refractivity contribution is 14.1. The smallest absolute Gasteiger partial charge is 0.277 e. The van der Waals surface area contributed by atoms with Crippen molar-refractivity contribution in [1.82, 2.24) is 36.5 Å². The number of anilines is 2. The van der Waals surface area contributed by atoms with Crippen molar-refractivity contribution in [3.05, 3.63) is 115 Å². The summed E-state index contributed by atoms with van der Waals surface area (Å²) in [5.74, 6) is -5.85. The van der Waals surface area contributed by atoms with Crippen LogP contribution in [0.15, 0.2) is 70.7 Å². The molecule has 0 aliphatic carbocycles. The van der Waals surface area contributed by atoms with Crippen LogP contribution in [0, 0.1) is 40.8 Å². The molecule has 1 aliphatic rings. The van der Waals surface area contributed by atoms with Crippen LogP contribution >= 0.6 is 33.9 Å². The zero-order chi connectivity index (χ0) is 48.9. The van der Waals surface area contributed by atoms with Crippen molar-refractivity contribution in [3.8, 4) is 10.4 Å². The van der Waals surface area contributed by atoms with Gasteiger partial charge in [-0.1, -0.05) is 43.3 Å². The van der Waals surface area contributed by atoms with E-state index in [0.717, 1.165) is 28.3 Å². The van der Waals surface area contributed by atoms with Gasteiger partial charge in [0.05, 0.1) is 77.1 Å². The molecular formula is C47H54F3IN8O8S. The number of ether oxygens (including phenoxy) is 1. The minimum atomic E-state index is -1.35. The number of aryl methyl sites for hydroxylation is 2. The second-order valence-electron chi connectivity index (χ2n) is 16.5. The van der Waals surface area contributed by atoms with E-state index in [1.165, 1.54) is 28.4 Å². The van der Waals surface area contributed by atoms with Crippen LogP contribution in [0.2, 0.25) is 0 Å². The van der Waals surface area contributed by atoms with Crippen LogP contribution in [0.3, 0.4) is 0 Å². The van der Waals surface area contributed by atoms with Gasteiger partial charge in [-0.05, 0) is 96.8 Å². The Morgan fingerprint density at radius 2 is 1.74 bits per heavy atom. The molecule has 0 spiro atoms. The highest BCUT2D eigenvalue weighted by Crippen LogP contribution is 2.33. The molecule has 4 atom stereocenters. The third-order valence-corrected chi connectivity index (χ3v) is 12.7. The van der Waals surface area contributed by atoms with Crippen LogP contribution in [-0.2, 0) is 24.0 Å². The van der Waals surface area contributed by atoms with E-state index in [1.54, 1.807) is 24.6 Å². The Labute approximate surface area is 409 Å². The first-order valence-corrected chi connectivity index (χ1v) is 24.0. The summed E-state index contributed by atoms with van der Waals surface area (Å²) < 4.78 is 54.9. The number of aliphatic hydroxyl groups is 1. The molecule has 0 unspecified atom stereocenters. The fraction of sp³-hybridized carbons (Fsp3) is 0.404. The monoisotopic (exact) mass is 1070 g/mol. The van der Waals surface area contributed by atoms with Crippen LogP contribution in [0.4, 0.5) is 24.5 Å². The number of hydrogen-bond acceptors (Lipinski definition) is 13. The van der Waals surface area contributed by atoms with Gasteiger partial charge in [0.25, 0.3) is 5.91 Å². The third kappa shape index (κ3) is 13.8. The largest absolute Gasteiger partial charge is 0.391 e. The molecular weight excluding hydrogens is 1020 g/mol. The number of carbonyl (C=O) groups is 4. The number of aliphatic hydroxyl groups excluding tert-OH is 1. The average Bonchev–Trinajstić information content (AvgIpc) is 4.05. The second kappa shape index (κ2) is 24.7. The van der Waals surface area contributed by atoms with E-state index in [4.69, 9.17) is 14.1 Å². The van der Waals surface area contributed by atoms with Crippen molar-refractivity contribution in [2.45, 2.75) is 71.1 Å². The van der Waals surface area contributed by atoms with Gasteiger partial charge in [0.1, 0.15) is 23.5 Å². The number of β-amino-alcohol motifs (C(OH)–C–C–N with tert-alkyl or cyclic N) is 1. The van der Waals surface area contributed by atoms with E-state index >= 15 is 0 Å². The summed E-state index contributed by atoms with van der Waals surface area (Å²) in [6, 6.07) is 13.4. The molecule has 1 fully saturated rings. The molecule has 0 radical (unpaired) electrons. The molecule has 4 amide bonds. The molecule has 21 heteroatoms. The standard InChI is InChI=1S/C47H54F3IN8O8S/c1-26(2)41(39-20-27(3)57-67-39)47(64)59-24-32(60)22-38(59)46(63)56-37(29-6-8-30(9-7-29)44-28(4)54-25-68-44)23-40(61)53-16-19-65-18-15-52-14-5-17-66-58-45(62)33-11-12-34(48)42(50)43(33)55-36-13-10-31(51)21-35(36)49/h6-13,20-21,25-26,32,37-38,41,52,55,60H,5,14-19,22-24H2,1-4H3,(H,53,61)(H,56,63)(H,58,62)/t32-,37+,38+,41-/m1/s1. The van der Waals surface area contributed by atoms with Crippen molar-refractivity contribution in [2.24, 2.45) is 5.92 Å². The van der Waals surface area contributed by atoms with E-state index in [0.29, 0.717) is 46.7 Å². The van der Waals surface area contributed by atoms with Gasteiger partial charge in [0.2, 0.25) is 17.7 Å². The normalized spacial score (nSPS) is 15.6. The summed E-state index contributed by atoms with van der Waals surface area (Å²) in [5.41, 5.74) is 6.12. The lowest BCUT2D eigenvalue weighted by Gasteiger charge is -2.30. The van der Waals surface area contributed by atoms with Crippen molar-refractivity contribution in [1.29, 1.82) is 0 Å². The summed E-state index contributed by atoms with van der Waals surface area (Å²) in [5, 5.41) is 26.1. The molecule has 68 heavy (non-hydrogen) atoms. The Morgan fingerprint density at radius 1 is 0.971 bits per heavy atom. The summed E-state index contributed by atoms with van der Waals surface area (Å²) in [4.78, 5) is 66.2. The first-order chi connectivity index (χ1) is 32.6. The number of hydrogen-bond donors (Lipinski definition) is 6. The van der Waals surface area contributed by atoms with E-state index < -0.39 is 59.1 Å². The van der Waals surface area contributed by atoms with Crippen LogP contribution in [0.1, 0.15) is 78.1 Å². The van der Waals surface area contributed by atoms with Crippen LogP contribution in [0.5, 0.6) is 0 Å². The first kappa shape index (κ1) is 51.9. The van der Waals surface area contributed by atoms with Gasteiger partial charge in [0, 0.05) is 35.7 Å². The molecule has 3 aromatic carbocycles.